The number of halogens is 4. The quantitative estimate of drug-likeness (QED) is 0.556. The van der Waals surface area contributed by atoms with Gasteiger partial charge in [-0.05, 0) is 43.2 Å². The van der Waals surface area contributed by atoms with Gasteiger partial charge in [0.15, 0.2) is 0 Å². The number of nitrogens with one attached hydrogen (secondary N) is 3. The smallest absolute Gasteiger partial charge is 0.348 e. The third kappa shape index (κ3) is 3.38. The van der Waals surface area contributed by atoms with Gasteiger partial charge < -0.3 is 5.32 Å². The van der Waals surface area contributed by atoms with Crippen molar-refractivity contribution in [2.75, 3.05) is 10.7 Å². The van der Waals surface area contributed by atoms with E-state index >= 15 is 0 Å². The van der Waals surface area contributed by atoms with Crippen molar-refractivity contribution < 1.29 is 17.6 Å². The summed E-state index contributed by atoms with van der Waals surface area (Å²) in [5, 5.41) is 11.4. The summed E-state index contributed by atoms with van der Waals surface area (Å²) >= 11 is 0. The number of aromatic nitrogens is 3. The first-order valence-electron chi connectivity index (χ1n) is 9.25. The number of pyridine rings is 1. The van der Waals surface area contributed by atoms with E-state index < -0.39 is 17.7 Å². The van der Waals surface area contributed by atoms with Crippen LogP contribution in [0.15, 0.2) is 36.4 Å². The van der Waals surface area contributed by atoms with Gasteiger partial charge in [0.05, 0.1) is 11.3 Å². The molecule has 1 unspecified atom stereocenters. The number of benzene rings is 1. The largest absolute Gasteiger partial charge is 0.433 e. The Labute approximate surface area is 169 Å². The van der Waals surface area contributed by atoms with Crippen molar-refractivity contribution in [1.82, 2.24) is 14.6 Å². The van der Waals surface area contributed by atoms with E-state index in [-0.39, 0.29) is 39.9 Å². The van der Waals surface area contributed by atoms with Crippen LogP contribution in [-0.4, -0.2) is 20.8 Å². The van der Waals surface area contributed by atoms with Gasteiger partial charge in [0.2, 0.25) is 5.62 Å². The summed E-state index contributed by atoms with van der Waals surface area (Å²) in [5.74, 6) is -0.241. The van der Waals surface area contributed by atoms with Crippen LogP contribution in [0.25, 0.3) is 22.4 Å². The number of nitrogens with zero attached hydrogens (tertiary/aromatic N) is 3. The molecule has 0 spiro atoms. The van der Waals surface area contributed by atoms with Crippen LogP contribution >= 0.6 is 0 Å². The number of rotatable bonds is 3. The first-order valence-corrected chi connectivity index (χ1v) is 9.25. The molecule has 4 rings (SSSR count). The Hall–Kier alpha value is -3.43. The van der Waals surface area contributed by atoms with Crippen LogP contribution in [0.1, 0.15) is 24.7 Å². The molecule has 0 aliphatic carbocycles. The molecule has 0 amide bonds. The molecule has 1 aliphatic rings. The molecule has 6 nitrogen and oxygen atoms in total. The minimum Gasteiger partial charge on any atom is -0.348 e. The standard InChI is InChI=1S/C20H18F4N6/c1-3-15-27-18-16(11-8-10(2)26-14(9-11)20(22,23)24)17(28-19(25)30(18)29-15)12-6-4-5-7-13(12)21/h4-9,15,25,27,29H,3H2,1-2H3. The van der Waals surface area contributed by atoms with Gasteiger partial charge in [-0.25, -0.2) is 19.0 Å². The molecule has 3 aromatic rings. The highest BCUT2D eigenvalue weighted by Crippen LogP contribution is 2.40. The van der Waals surface area contributed by atoms with Gasteiger partial charge in [-0.2, -0.15) is 13.2 Å². The number of anilines is 1. The predicted octanol–water partition coefficient (Wildman–Crippen LogP) is 4.26. The highest BCUT2D eigenvalue weighted by molar-refractivity contribution is 5.89. The maximum absolute atomic E-state index is 14.6. The van der Waals surface area contributed by atoms with Gasteiger partial charge in [-0.3, -0.25) is 10.8 Å². The molecule has 3 heterocycles. The molecule has 0 bridgehead atoms. The minimum atomic E-state index is -4.64. The molecule has 1 aromatic carbocycles. The van der Waals surface area contributed by atoms with Crippen LogP contribution in [0.2, 0.25) is 0 Å². The topological polar surface area (TPSA) is 78.6 Å². The maximum atomic E-state index is 14.6. The lowest BCUT2D eigenvalue weighted by Crippen LogP contribution is -2.31. The Balaban J connectivity index is 2.07. The van der Waals surface area contributed by atoms with E-state index in [1.807, 2.05) is 6.92 Å². The summed E-state index contributed by atoms with van der Waals surface area (Å²) in [6.07, 6.45) is -4.26. The Morgan fingerprint density at radius 1 is 1.17 bits per heavy atom. The lowest BCUT2D eigenvalue weighted by molar-refractivity contribution is -0.141. The highest BCUT2D eigenvalue weighted by atomic mass is 19.4. The second kappa shape index (κ2) is 7.12. The zero-order chi connectivity index (χ0) is 21.6. The molecular weight excluding hydrogens is 400 g/mol. The monoisotopic (exact) mass is 418 g/mol. The predicted molar refractivity (Wildman–Crippen MR) is 104 cm³/mol. The second-order valence-electron chi connectivity index (χ2n) is 6.94. The lowest BCUT2D eigenvalue weighted by Gasteiger charge is -2.17. The highest BCUT2D eigenvalue weighted by Gasteiger charge is 2.34. The van der Waals surface area contributed by atoms with Gasteiger partial charge in [0.1, 0.15) is 23.5 Å². The van der Waals surface area contributed by atoms with Crippen LogP contribution in [-0.2, 0) is 6.18 Å². The molecule has 1 aliphatic heterocycles. The fourth-order valence-electron chi connectivity index (χ4n) is 3.43. The van der Waals surface area contributed by atoms with Crippen LogP contribution in [0.3, 0.4) is 0 Å². The maximum Gasteiger partial charge on any atom is 0.433 e. The fraction of sp³-hybridized carbons (Fsp3) is 0.250. The van der Waals surface area contributed by atoms with Crippen molar-refractivity contribution in [1.29, 1.82) is 5.41 Å². The van der Waals surface area contributed by atoms with Crippen LogP contribution in [0.4, 0.5) is 23.4 Å². The van der Waals surface area contributed by atoms with Crippen LogP contribution < -0.4 is 16.4 Å². The van der Waals surface area contributed by atoms with Crippen molar-refractivity contribution in [2.24, 2.45) is 0 Å². The average Bonchev–Trinajstić information content (AvgIpc) is 3.12. The van der Waals surface area contributed by atoms with E-state index in [2.05, 4.69) is 20.7 Å². The second-order valence-corrected chi connectivity index (χ2v) is 6.94. The zero-order valence-corrected chi connectivity index (χ0v) is 16.1. The average molecular weight is 418 g/mol. The lowest BCUT2D eigenvalue weighted by atomic mass is 9.98. The summed E-state index contributed by atoms with van der Waals surface area (Å²) in [7, 11) is 0. The van der Waals surface area contributed by atoms with E-state index in [9.17, 15) is 17.6 Å². The van der Waals surface area contributed by atoms with Gasteiger partial charge in [-0.15, -0.1) is 0 Å². The Morgan fingerprint density at radius 3 is 2.57 bits per heavy atom. The van der Waals surface area contributed by atoms with E-state index in [4.69, 9.17) is 5.41 Å². The molecule has 10 heteroatoms. The summed E-state index contributed by atoms with van der Waals surface area (Å²) in [6, 6.07) is 8.24. The Bertz CT molecular complexity index is 1180. The minimum absolute atomic E-state index is 0.0779. The first kappa shape index (κ1) is 19.9. The summed E-state index contributed by atoms with van der Waals surface area (Å²) in [4.78, 5) is 7.82. The summed E-state index contributed by atoms with van der Waals surface area (Å²) < 4.78 is 56.2. The molecule has 2 aromatic heterocycles. The van der Waals surface area contributed by atoms with E-state index in [1.165, 1.54) is 35.9 Å². The Morgan fingerprint density at radius 2 is 1.90 bits per heavy atom. The van der Waals surface area contributed by atoms with Gasteiger partial charge in [0, 0.05) is 11.3 Å². The van der Waals surface area contributed by atoms with E-state index in [0.29, 0.717) is 12.2 Å². The van der Waals surface area contributed by atoms with Crippen molar-refractivity contribution in [2.45, 2.75) is 32.6 Å². The number of alkyl halides is 3. The number of aryl methyl sites for hydroxylation is 1. The molecule has 1 atom stereocenters. The third-order valence-corrected chi connectivity index (χ3v) is 4.79. The zero-order valence-electron chi connectivity index (χ0n) is 16.1. The number of hydrogen-bond donors (Lipinski definition) is 3. The third-order valence-electron chi connectivity index (χ3n) is 4.79. The van der Waals surface area contributed by atoms with Crippen molar-refractivity contribution in [3.63, 3.8) is 0 Å². The molecule has 0 radical (unpaired) electrons. The normalized spacial score (nSPS) is 15.5. The molecule has 156 valence electrons. The van der Waals surface area contributed by atoms with E-state index in [1.54, 1.807) is 6.07 Å². The molecule has 3 N–H and O–H groups in total. The summed E-state index contributed by atoms with van der Waals surface area (Å²) in [5.41, 5.74) is 2.55. The summed E-state index contributed by atoms with van der Waals surface area (Å²) in [6.45, 7) is 3.37. The molecule has 0 saturated heterocycles. The van der Waals surface area contributed by atoms with Crippen molar-refractivity contribution in [3.05, 3.63) is 59.2 Å². The van der Waals surface area contributed by atoms with E-state index in [0.717, 1.165) is 6.07 Å². The molecular formula is C20H18F4N6. The SMILES string of the molecule is CCC1Nc2c(-c3cc(C)nc(C(F)(F)F)c3)c(-c3ccccc3F)nc(=N)n2N1. The van der Waals surface area contributed by atoms with Crippen LogP contribution in [0, 0.1) is 18.2 Å². The van der Waals surface area contributed by atoms with Crippen molar-refractivity contribution in [3.8, 4) is 22.4 Å². The number of hydrogen-bond acceptors (Lipinski definition) is 5. The molecule has 0 saturated carbocycles. The molecule has 0 fully saturated rings. The van der Waals surface area contributed by atoms with Gasteiger partial charge in [-0.1, -0.05) is 19.1 Å². The fourth-order valence-corrected chi connectivity index (χ4v) is 3.43. The number of fused-ring (bicyclic) bond motifs is 1. The van der Waals surface area contributed by atoms with Crippen molar-refractivity contribution >= 4 is 5.82 Å². The van der Waals surface area contributed by atoms with Crippen LogP contribution in [0.5, 0.6) is 0 Å². The Kier molecular flexibility index (Phi) is 4.71. The first-order chi connectivity index (χ1) is 14.2. The van der Waals surface area contributed by atoms with Gasteiger partial charge >= 0.3 is 6.18 Å². The molecule has 30 heavy (non-hydrogen) atoms. The van der Waals surface area contributed by atoms with Gasteiger partial charge in [0.25, 0.3) is 0 Å².